The minimum Gasteiger partial charge on any atom is -0.384 e. The summed E-state index contributed by atoms with van der Waals surface area (Å²) in [7, 11) is 3.00. The molecule has 116 valence electrons. The molecule has 1 fully saturated rings. The van der Waals surface area contributed by atoms with Crippen LogP contribution in [0.1, 0.15) is 16.8 Å². The predicted molar refractivity (Wildman–Crippen MR) is 80.4 cm³/mol. The van der Waals surface area contributed by atoms with Crippen molar-refractivity contribution in [1.82, 2.24) is 4.90 Å². The lowest BCUT2D eigenvalue weighted by Crippen LogP contribution is -2.29. The van der Waals surface area contributed by atoms with E-state index in [1.165, 1.54) is 18.2 Å². The fourth-order valence-electron chi connectivity index (χ4n) is 2.40. The number of carbonyl (C=O) groups excluding carboxylic acids is 1. The highest BCUT2D eigenvalue weighted by molar-refractivity contribution is 8.13. The number of likely N-dealkylation sites (tertiary alicyclic amines) is 1. The number of halogens is 2. The van der Waals surface area contributed by atoms with Crippen LogP contribution in [0, 0.1) is 5.92 Å². The van der Waals surface area contributed by atoms with Crippen LogP contribution in [0.2, 0.25) is 5.02 Å². The lowest BCUT2D eigenvalue weighted by atomic mass is 10.1. The Hall–Kier alpha value is -0.820. The fraction of sp³-hybridized carbons (Fsp3) is 0.462. The zero-order valence-corrected chi connectivity index (χ0v) is 13.7. The van der Waals surface area contributed by atoms with Gasteiger partial charge >= 0.3 is 0 Å². The molecule has 0 spiro atoms. The van der Waals surface area contributed by atoms with Gasteiger partial charge in [-0.05, 0) is 24.6 Å². The van der Waals surface area contributed by atoms with Crippen LogP contribution in [0.5, 0.6) is 0 Å². The SMILES string of the molecule is COCC1CCN(C(=O)c2cc(Cl)cc(S(=O)(=O)Cl)c2)C1. The maximum Gasteiger partial charge on any atom is 0.261 e. The third-order valence-electron chi connectivity index (χ3n) is 3.38. The summed E-state index contributed by atoms with van der Waals surface area (Å²) in [6.07, 6.45) is 0.862. The van der Waals surface area contributed by atoms with E-state index in [1.54, 1.807) is 12.0 Å². The van der Waals surface area contributed by atoms with Gasteiger partial charge in [-0.15, -0.1) is 0 Å². The van der Waals surface area contributed by atoms with Crippen molar-refractivity contribution in [3.8, 4) is 0 Å². The van der Waals surface area contributed by atoms with Crippen LogP contribution >= 0.6 is 22.3 Å². The van der Waals surface area contributed by atoms with Crippen LogP contribution in [0.3, 0.4) is 0 Å². The van der Waals surface area contributed by atoms with E-state index < -0.39 is 9.05 Å². The molecular weight excluding hydrogens is 337 g/mol. The van der Waals surface area contributed by atoms with Crippen molar-refractivity contribution >= 4 is 37.2 Å². The van der Waals surface area contributed by atoms with Gasteiger partial charge in [0.1, 0.15) is 0 Å². The zero-order valence-electron chi connectivity index (χ0n) is 11.4. The molecule has 0 saturated carbocycles. The van der Waals surface area contributed by atoms with Gasteiger partial charge in [0.15, 0.2) is 0 Å². The first-order valence-corrected chi connectivity index (χ1v) is 9.03. The molecule has 8 heteroatoms. The van der Waals surface area contributed by atoms with E-state index in [4.69, 9.17) is 27.0 Å². The molecule has 1 aromatic carbocycles. The summed E-state index contributed by atoms with van der Waals surface area (Å²) >= 11 is 5.87. The molecule has 1 aromatic rings. The molecule has 1 heterocycles. The second kappa shape index (κ2) is 6.52. The molecule has 0 bridgehead atoms. The summed E-state index contributed by atoms with van der Waals surface area (Å²) in [4.78, 5) is 13.9. The number of methoxy groups -OCH3 is 1. The molecule has 21 heavy (non-hydrogen) atoms. The molecule has 1 saturated heterocycles. The number of hydrogen-bond donors (Lipinski definition) is 0. The second-order valence-corrected chi connectivity index (χ2v) is 7.98. The van der Waals surface area contributed by atoms with E-state index in [-0.39, 0.29) is 21.4 Å². The standard InChI is InChI=1S/C13H15Cl2NO4S/c1-20-8-9-2-3-16(7-9)13(17)10-4-11(14)6-12(5-10)21(15,18)19/h4-6,9H,2-3,7-8H2,1H3. The summed E-state index contributed by atoms with van der Waals surface area (Å²) in [5.74, 6) is 0.0482. The Labute approximate surface area is 133 Å². The summed E-state index contributed by atoms with van der Waals surface area (Å²) in [5.41, 5.74) is 0.222. The van der Waals surface area contributed by atoms with E-state index in [2.05, 4.69) is 0 Å². The monoisotopic (exact) mass is 351 g/mol. The number of amides is 1. The number of rotatable bonds is 4. The summed E-state index contributed by atoms with van der Waals surface area (Å²) in [6.45, 7) is 1.80. The minimum atomic E-state index is -3.93. The number of ether oxygens (including phenoxy) is 1. The van der Waals surface area contributed by atoms with Crippen molar-refractivity contribution in [3.05, 3.63) is 28.8 Å². The molecule has 1 amide bonds. The Morgan fingerprint density at radius 3 is 2.76 bits per heavy atom. The first-order chi connectivity index (χ1) is 9.81. The van der Waals surface area contributed by atoms with Crippen LogP contribution < -0.4 is 0 Å². The minimum absolute atomic E-state index is 0.160. The maximum absolute atomic E-state index is 12.4. The van der Waals surface area contributed by atoms with E-state index in [1.807, 2.05) is 0 Å². The Balaban J connectivity index is 2.22. The zero-order chi connectivity index (χ0) is 15.6. The van der Waals surface area contributed by atoms with E-state index in [0.29, 0.717) is 25.6 Å². The van der Waals surface area contributed by atoms with Crippen molar-refractivity contribution in [2.45, 2.75) is 11.3 Å². The molecule has 1 unspecified atom stereocenters. The van der Waals surface area contributed by atoms with Crippen molar-refractivity contribution in [2.24, 2.45) is 5.92 Å². The maximum atomic E-state index is 12.4. The van der Waals surface area contributed by atoms with Gasteiger partial charge in [0.2, 0.25) is 0 Å². The van der Waals surface area contributed by atoms with Gasteiger partial charge in [-0.3, -0.25) is 4.79 Å². The largest absolute Gasteiger partial charge is 0.384 e. The van der Waals surface area contributed by atoms with Crippen molar-refractivity contribution < 1.29 is 17.9 Å². The average molecular weight is 352 g/mol. The highest BCUT2D eigenvalue weighted by Crippen LogP contribution is 2.25. The number of nitrogens with zero attached hydrogens (tertiary/aromatic N) is 1. The van der Waals surface area contributed by atoms with Gasteiger partial charge < -0.3 is 9.64 Å². The van der Waals surface area contributed by atoms with Gasteiger partial charge in [-0.1, -0.05) is 11.6 Å². The first kappa shape index (κ1) is 16.5. The van der Waals surface area contributed by atoms with Gasteiger partial charge in [0, 0.05) is 47.4 Å². The predicted octanol–water partition coefficient (Wildman–Crippen LogP) is 2.38. The van der Waals surface area contributed by atoms with Gasteiger partial charge in [0.05, 0.1) is 11.5 Å². The second-order valence-electron chi connectivity index (χ2n) is 4.97. The summed E-state index contributed by atoms with van der Waals surface area (Å²) in [5, 5.41) is 0.160. The number of carbonyl (C=O) groups is 1. The van der Waals surface area contributed by atoms with E-state index in [9.17, 15) is 13.2 Å². The van der Waals surface area contributed by atoms with Crippen LogP contribution in [0.4, 0.5) is 0 Å². The Bertz CT molecular complexity index is 648. The summed E-state index contributed by atoms with van der Waals surface area (Å²) < 4.78 is 27.9. The third-order valence-corrected chi connectivity index (χ3v) is 4.93. The van der Waals surface area contributed by atoms with Crippen molar-refractivity contribution in [2.75, 3.05) is 26.8 Å². The smallest absolute Gasteiger partial charge is 0.261 e. The van der Waals surface area contributed by atoms with E-state index >= 15 is 0 Å². The highest BCUT2D eigenvalue weighted by atomic mass is 35.7. The lowest BCUT2D eigenvalue weighted by molar-refractivity contribution is 0.0775. The Kier molecular flexibility index (Phi) is 5.14. The molecule has 1 aliphatic heterocycles. The van der Waals surface area contributed by atoms with Crippen molar-refractivity contribution in [1.29, 1.82) is 0 Å². The van der Waals surface area contributed by atoms with Crippen LogP contribution in [-0.4, -0.2) is 46.0 Å². The number of benzene rings is 1. The molecule has 5 nitrogen and oxygen atoms in total. The van der Waals surface area contributed by atoms with Gasteiger partial charge in [0.25, 0.3) is 15.0 Å². The summed E-state index contributed by atoms with van der Waals surface area (Å²) in [6, 6.07) is 3.91. The molecular formula is C13H15Cl2NO4S. The highest BCUT2D eigenvalue weighted by Gasteiger charge is 2.27. The molecule has 0 radical (unpaired) electrons. The third kappa shape index (κ3) is 4.10. The normalized spacial score (nSPS) is 19.0. The van der Waals surface area contributed by atoms with Crippen LogP contribution in [0.25, 0.3) is 0 Å². The molecule has 1 aliphatic rings. The van der Waals surface area contributed by atoms with Crippen LogP contribution in [-0.2, 0) is 13.8 Å². The number of hydrogen-bond acceptors (Lipinski definition) is 4. The van der Waals surface area contributed by atoms with Crippen LogP contribution in [0.15, 0.2) is 23.1 Å². The molecule has 0 aliphatic carbocycles. The van der Waals surface area contributed by atoms with Gasteiger partial charge in [-0.25, -0.2) is 8.42 Å². The molecule has 2 rings (SSSR count). The average Bonchev–Trinajstić information content (AvgIpc) is 2.85. The molecule has 0 N–H and O–H groups in total. The fourth-order valence-corrected chi connectivity index (χ4v) is 3.50. The lowest BCUT2D eigenvalue weighted by Gasteiger charge is -2.17. The topological polar surface area (TPSA) is 63.7 Å². The molecule has 1 atom stereocenters. The quantitative estimate of drug-likeness (QED) is 0.781. The Morgan fingerprint density at radius 1 is 1.43 bits per heavy atom. The van der Waals surface area contributed by atoms with Crippen molar-refractivity contribution in [3.63, 3.8) is 0 Å². The molecule has 0 aromatic heterocycles. The van der Waals surface area contributed by atoms with E-state index in [0.717, 1.165) is 6.42 Å². The van der Waals surface area contributed by atoms with Gasteiger partial charge in [-0.2, -0.15) is 0 Å². The first-order valence-electron chi connectivity index (χ1n) is 6.34. The Morgan fingerprint density at radius 2 is 2.14 bits per heavy atom.